The van der Waals surface area contributed by atoms with Crippen LogP contribution in [0.25, 0.3) is 0 Å². The van der Waals surface area contributed by atoms with Crippen molar-refractivity contribution in [3.63, 3.8) is 0 Å². The molecule has 1 aliphatic carbocycles. The Bertz CT molecular complexity index is 295. The predicted octanol–water partition coefficient (Wildman–Crippen LogP) is 2.12. The zero-order chi connectivity index (χ0) is 13.6. The number of nitrogens with one attached hydrogen (secondary N) is 1. The zero-order valence-electron chi connectivity index (χ0n) is 11.2. The lowest BCUT2D eigenvalue weighted by Gasteiger charge is -2.32. The molecule has 1 amide bonds. The topological polar surface area (TPSA) is 75.6 Å². The molecule has 0 saturated heterocycles. The summed E-state index contributed by atoms with van der Waals surface area (Å²) in [5.41, 5.74) is 1.45. The van der Waals surface area contributed by atoms with Gasteiger partial charge in [-0.3, -0.25) is 14.4 Å². The minimum Gasteiger partial charge on any atom is -0.481 e. The molecule has 0 unspecified atom stereocenters. The minimum absolute atomic E-state index is 0.0143. The molecule has 0 bridgehead atoms. The van der Waals surface area contributed by atoms with Crippen molar-refractivity contribution in [3.05, 3.63) is 0 Å². The van der Waals surface area contributed by atoms with E-state index < -0.39 is 11.4 Å². The van der Waals surface area contributed by atoms with Crippen LogP contribution in [0.15, 0.2) is 0 Å². The quantitative estimate of drug-likeness (QED) is 0.715. The third-order valence-corrected chi connectivity index (χ3v) is 3.37. The predicted molar refractivity (Wildman–Crippen MR) is 66.7 cm³/mol. The van der Waals surface area contributed by atoms with Gasteiger partial charge in [0.1, 0.15) is 0 Å². The number of carbonyl (C=O) groups excluding carboxylic acids is 1. The van der Waals surface area contributed by atoms with Crippen molar-refractivity contribution in [1.82, 2.24) is 5.48 Å². The van der Waals surface area contributed by atoms with Crippen LogP contribution < -0.4 is 5.48 Å². The van der Waals surface area contributed by atoms with Crippen molar-refractivity contribution >= 4 is 11.9 Å². The molecule has 1 saturated carbocycles. The van der Waals surface area contributed by atoms with Crippen molar-refractivity contribution in [2.75, 3.05) is 6.61 Å². The molecule has 5 nitrogen and oxygen atoms in total. The van der Waals surface area contributed by atoms with E-state index in [0.29, 0.717) is 25.4 Å². The van der Waals surface area contributed by atoms with Crippen molar-refractivity contribution in [2.24, 2.45) is 11.3 Å². The van der Waals surface area contributed by atoms with Gasteiger partial charge in [0.05, 0.1) is 12.0 Å². The molecule has 0 aliphatic heterocycles. The summed E-state index contributed by atoms with van der Waals surface area (Å²) < 4.78 is 0. The molecule has 1 aliphatic rings. The highest BCUT2D eigenvalue weighted by Gasteiger charge is 2.41. The Balaban J connectivity index is 2.46. The largest absolute Gasteiger partial charge is 0.481 e. The number of aliphatic carboxylic acids is 1. The lowest BCUT2D eigenvalue weighted by atomic mass is 9.72. The van der Waals surface area contributed by atoms with E-state index in [1.54, 1.807) is 0 Å². The number of carboxylic acid groups (broad SMARTS) is 1. The number of carboxylic acids is 1. The van der Waals surface area contributed by atoms with E-state index in [2.05, 4.69) is 5.48 Å². The summed E-state index contributed by atoms with van der Waals surface area (Å²) in [4.78, 5) is 28.1. The average Bonchev–Trinajstić information content (AvgIpc) is 2.29. The van der Waals surface area contributed by atoms with E-state index in [0.717, 1.165) is 19.3 Å². The average molecular weight is 257 g/mol. The summed E-state index contributed by atoms with van der Waals surface area (Å²) >= 11 is 0. The first-order valence-corrected chi connectivity index (χ1v) is 6.60. The summed E-state index contributed by atoms with van der Waals surface area (Å²) in [6, 6.07) is 0. The van der Waals surface area contributed by atoms with Gasteiger partial charge in [0, 0.05) is 6.42 Å². The van der Waals surface area contributed by atoms with Crippen LogP contribution in [0.5, 0.6) is 0 Å². The zero-order valence-corrected chi connectivity index (χ0v) is 11.2. The second-order valence-electron chi connectivity index (χ2n) is 5.55. The first-order chi connectivity index (χ1) is 8.46. The highest BCUT2D eigenvalue weighted by molar-refractivity contribution is 5.84. The first-order valence-electron chi connectivity index (χ1n) is 6.60. The fourth-order valence-electron chi connectivity index (χ4n) is 2.33. The Hall–Kier alpha value is -1.10. The molecule has 1 rings (SSSR count). The molecule has 5 heteroatoms. The molecule has 2 N–H and O–H groups in total. The van der Waals surface area contributed by atoms with Gasteiger partial charge in [0.2, 0.25) is 5.91 Å². The molecular formula is C13H23NO4. The van der Waals surface area contributed by atoms with Crippen LogP contribution in [0.1, 0.15) is 52.4 Å². The molecule has 0 aromatic heterocycles. The van der Waals surface area contributed by atoms with Crippen molar-refractivity contribution in [1.29, 1.82) is 0 Å². The molecule has 104 valence electrons. The molecular weight excluding hydrogens is 234 g/mol. The summed E-state index contributed by atoms with van der Waals surface area (Å²) in [5, 5.41) is 9.33. The normalized spacial score (nSPS) is 18.6. The molecule has 0 radical (unpaired) electrons. The fourth-order valence-corrected chi connectivity index (χ4v) is 2.33. The van der Waals surface area contributed by atoms with Crippen LogP contribution in [-0.4, -0.2) is 23.6 Å². The number of hydroxylamine groups is 1. The van der Waals surface area contributed by atoms with Crippen molar-refractivity contribution in [2.45, 2.75) is 52.4 Å². The van der Waals surface area contributed by atoms with Crippen molar-refractivity contribution < 1.29 is 19.5 Å². The van der Waals surface area contributed by atoms with Crippen LogP contribution in [0.4, 0.5) is 0 Å². The van der Waals surface area contributed by atoms with Gasteiger partial charge < -0.3 is 5.11 Å². The minimum atomic E-state index is -0.885. The number of hydrogen-bond donors (Lipinski definition) is 2. The van der Waals surface area contributed by atoms with Crippen molar-refractivity contribution in [3.8, 4) is 0 Å². The molecule has 0 aromatic rings. The summed E-state index contributed by atoms with van der Waals surface area (Å²) in [7, 11) is 0. The van der Waals surface area contributed by atoms with Gasteiger partial charge in [-0.2, -0.15) is 0 Å². The van der Waals surface area contributed by atoms with Gasteiger partial charge in [0.15, 0.2) is 0 Å². The molecule has 0 heterocycles. The van der Waals surface area contributed by atoms with Gasteiger partial charge in [-0.25, -0.2) is 5.48 Å². The summed E-state index contributed by atoms with van der Waals surface area (Å²) in [5.74, 6) is -0.866. The van der Waals surface area contributed by atoms with Crippen LogP contribution >= 0.6 is 0 Å². The lowest BCUT2D eigenvalue weighted by Crippen LogP contribution is -2.39. The molecule has 1 fully saturated rings. The Morgan fingerprint density at radius 2 is 1.89 bits per heavy atom. The molecule has 18 heavy (non-hydrogen) atoms. The van der Waals surface area contributed by atoms with Crippen LogP contribution in [0.3, 0.4) is 0 Å². The Kier molecular flexibility index (Phi) is 5.59. The maximum absolute atomic E-state index is 11.7. The van der Waals surface area contributed by atoms with E-state index >= 15 is 0 Å². The van der Waals surface area contributed by atoms with Crippen LogP contribution in [0.2, 0.25) is 0 Å². The van der Waals surface area contributed by atoms with E-state index in [9.17, 15) is 14.7 Å². The SMILES string of the molecule is CC(C)CONC(=O)CC1(C(=O)O)CCCCC1. The van der Waals surface area contributed by atoms with Crippen LogP contribution in [-0.2, 0) is 14.4 Å². The lowest BCUT2D eigenvalue weighted by molar-refractivity contribution is -0.156. The smallest absolute Gasteiger partial charge is 0.310 e. The van der Waals surface area contributed by atoms with Gasteiger partial charge in [0.25, 0.3) is 0 Å². The number of amides is 1. The second kappa shape index (κ2) is 6.73. The second-order valence-corrected chi connectivity index (χ2v) is 5.55. The van der Waals surface area contributed by atoms with Gasteiger partial charge in [-0.05, 0) is 18.8 Å². The fraction of sp³-hybridized carbons (Fsp3) is 0.846. The maximum Gasteiger partial charge on any atom is 0.310 e. The number of rotatable bonds is 6. The molecule has 0 atom stereocenters. The standard InChI is InChI=1S/C13H23NO4/c1-10(2)9-18-14-11(15)8-13(12(16)17)6-4-3-5-7-13/h10H,3-9H2,1-2H3,(H,14,15)(H,16,17). The Morgan fingerprint density at radius 1 is 1.28 bits per heavy atom. The number of carbonyl (C=O) groups is 2. The van der Waals surface area contributed by atoms with Gasteiger partial charge in [-0.15, -0.1) is 0 Å². The third kappa shape index (κ3) is 4.29. The van der Waals surface area contributed by atoms with E-state index in [-0.39, 0.29) is 12.3 Å². The Labute approximate surface area is 108 Å². The van der Waals surface area contributed by atoms with E-state index in [1.165, 1.54) is 0 Å². The molecule has 0 spiro atoms. The van der Waals surface area contributed by atoms with Gasteiger partial charge in [-0.1, -0.05) is 33.1 Å². The monoisotopic (exact) mass is 257 g/mol. The van der Waals surface area contributed by atoms with Gasteiger partial charge >= 0.3 is 5.97 Å². The third-order valence-electron chi connectivity index (χ3n) is 3.37. The highest BCUT2D eigenvalue weighted by Crippen LogP contribution is 2.39. The number of hydrogen-bond acceptors (Lipinski definition) is 3. The van der Waals surface area contributed by atoms with E-state index in [4.69, 9.17) is 4.84 Å². The van der Waals surface area contributed by atoms with Crippen LogP contribution in [0, 0.1) is 11.3 Å². The first kappa shape index (κ1) is 15.0. The maximum atomic E-state index is 11.7. The summed E-state index contributed by atoms with van der Waals surface area (Å²) in [6.07, 6.45) is 4.00. The highest BCUT2D eigenvalue weighted by atomic mass is 16.6. The Morgan fingerprint density at radius 3 is 2.39 bits per heavy atom. The summed E-state index contributed by atoms with van der Waals surface area (Å²) in [6.45, 7) is 4.39. The molecule has 0 aromatic carbocycles. The van der Waals surface area contributed by atoms with E-state index in [1.807, 2.05) is 13.8 Å².